The maximum atomic E-state index is 11.0. The summed E-state index contributed by atoms with van der Waals surface area (Å²) in [4.78, 5) is 15.7. The number of ether oxygens (including phenoxy) is 1. The number of rotatable bonds is 6. The number of aliphatic carboxylic acids is 1. The van der Waals surface area contributed by atoms with Crippen LogP contribution in [0.1, 0.15) is 39.6 Å². The number of thioether (sulfide) groups is 1. The van der Waals surface area contributed by atoms with Crippen molar-refractivity contribution in [3.8, 4) is 5.75 Å². The zero-order valence-corrected chi connectivity index (χ0v) is 22.8. The van der Waals surface area contributed by atoms with E-state index in [9.17, 15) is 9.90 Å². The Hall–Kier alpha value is -2.28. The van der Waals surface area contributed by atoms with Crippen LogP contribution in [-0.4, -0.2) is 16.7 Å². The molecular formula is C28H21ClNNaO3S. The van der Waals surface area contributed by atoms with Crippen LogP contribution in [0.4, 0.5) is 0 Å². The summed E-state index contributed by atoms with van der Waals surface area (Å²) in [5.74, 6) is 0.232. The number of fused-ring (bicyclic) bond motifs is 3. The first kappa shape index (κ1) is 25.8. The zero-order chi connectivity index (χ0) is 23.5. The zero-order valence-electron chi connectivity index (χ0n) is 19.2. The molecule has 0 saturated carbocycles. The number of para-hydroxylation sites is 1. The predicted octanol–water partition coefficient (Wildman–Crippen LogP) is 2.92. The van der Waals surface area contributed by atoms with E-state index >= 15 is 0 Å². The van der Waals surface area contributed by atoms with Gasteiger partial charge in [0.2, 0.25) is 0 Å². The number of carbonyl (C=O) groups is 1. The number of pyridine rings is 1. The van der Waals surface area contributed by atoms with Gasteiger partial charge in [0.15, 0.2) is 0 Å². The van der Waals surface area contributed by atoms with E-state index in [1.165, 1.54) is 0 Å². The Bertz CT molecular complexity index is 1410. The van der Waals surface area contributed by atoms with E-state index in [4.69, 9.17) is 21.3 Å². The second-order valence-corrected chi connectivity index (χ2v) is 9.66. The van der Waals surface area contributed by atoms with Crippen LogP contribution in [0.2, 0.25) is 5.02 Å². The summed E-state index contributed by atoms with van der Waals surface area (Å²) in [6.45, 7) is 0.482. The maximum absolute atomic E-state index is 11.0. The van der Waals surface area contributed by atoms with Gasteiger partial charge in [0.05, 0.1) is 21.5 Å². The van der Waals surface area contributed by atoms with Crippen molar-refractivity contribution in [1.82, 2.24) is 4.98 Å². The van der Waals surface area contributed by atoms with Crippen molar-refractivity contribution in [1.29, 1.82) is 0 Å². The smallest absolute Gasteiger partial charge is 0.550 e. The summed E-state index contributed by atoms with van der Waals surface area (Å²) >= 11 is 8.05. The van der Waals surface area contributed by atoms with Gasteiger partial charge < -0.3 is 14.6 Å². The van der Waals surface area contributed by atoms with E-state index in [1.807, 2.05) is 66.7 Å². The fraction of sp³-hybridized carbons (Fsp3) is 0.143. The minimum Gasteiger partial charge on any atom is -0.550 e. The Morgan fingerprint density at radius 3 is 2.71 bits per heavy atom. The number of halogens is 1. The molecule has 0 N–H and O–H groups in total. The van der Waals surface area contributed by atoms with Crippen LogP contribution in [0.15, 0.2) is 72.8 Å². The average molecular weight is 510 g/mol. The van der Waals surface area contributed by atoms with Gasteiger partial charge in [-0.2, -0.15) is 0 Å². The number of hydrogen-bond donors (Lipinski definition) is 0. The van der Waals surface area contributed by atoms with Gasteiger partial charge in [0.25, 0.3) is 0 Å². The third-order valence-corrected chi connectivity index (χ3v) is 7.35. The van der Waals surface area contributed by atoms with Crippen molar-refractivity contribution in [3.05, 3.63) is 106 Å². The molecule has 4 aromatic rings. The summed E-state index contributed by atoms with van der Waals surface area (Å²) in [7, 11) is 0. The largest absolute Gasteiger partial charge is 1.00 e. The molecule has 35 heavy (non-hydrogen) atoms. The molecular weight excluding hydrogens is 489 g/mol. The normalized spacial score (nSPS) is 14.5. The van der Waals surface area contributed by atoms with Crippen molar-refractivity contribution >= 4 is 52.4 Å². The maximum Gasteiger partial charge on any atom is 1.00 e. The Balaban J connectivity index is 0.00000289. The molecule has 5 rings (SSSR count). The fourth-order valence-corrected chi connectivity index (χ4v) is 5.68. The van der Waals surface area contributed by atoms with Crippen LogP contribution in [0.3, 0.4) is 0 Å². The molecule has 170 valence electrons. The Kier molecular flexibility index (Phi) is 8.58. The molecule has 0 fully saturated rings. The van der Waals surface area contributed by atoms with E-state index in [-0.39, 0.29) is 41.2 Å². The van der Waals surface area contributed by atoms with Crippen LogP contribution in [-0.2, 0) is 11.4 Å². The van der Waals surface area contributed by atoms with E-state index in [1.54, 1.807) is 11.8 Å². The van der Waals surface area contributed by atoms with Crippen LogP contribution >= 0.6 is 23.4 Å². The van der Waals surface area contributed by atoms with E-state index < -0.39 is 5.97 Å². The number of hydrogen-bond acceptors (Lipinski definition) is 5. The van der Waals surface area contributed by atoms with E-state index in [0.717, 1.165) is 44.6 Å². The molecule has 0 amide bonds. The van der Waals surface area contributed by atoms with E-state index in [0.29, 0.717) is 17.4 Å². The Labute approximate surface area is 235 Å². The van der Waals surface area contributed by atoms with Gasteiger partial charge in [-0.3, -0.25) is 0 Å². The molecule has 2 heterocycles. The number of aromatic nitrogens is 1. The molecule has 1 unspecified atom stereocenters. The predicted molar refractivity (Wildman–Crippen MR) is 137 cm³/mol. The van der Waals surface area contributed by atoms with Gasteiger partial charge in [-0.15, -0.1) is 11.8 Å². The minimum atomic E-state index is -1.04. The molecule has 0 aliphatic carbocycles. The number of benzene rings is 3. The molecule has 1 aromatic heterocycles. The summed E-state index contributed by atoms with van der Waals surface area (Å²) in [6.07, 6.45) is 3.96. The topological polar surface area (TPSA) is 62.2 Å². The average Bonchev–Trinajstić information content (AvgIpc) is 2.99. The van der Waals surface area contributed by atoms with Gasteiger partial charge in [0, 0.05) is 16.9 Å². The van der Waals surface area contributed by atoms with Gasteiger partial charge in [-0.1, -0.05) is 66.2 Å². The fourth-order valence-electron chi connectivity index (χ4n) is 4.11. The van der Waals surface area contributed by atoms with Crippen molar-refractivity contribution in [3.63, 3.8) is 0 Å². The van der Waals surface area contributed by atoms with Gasteiger partial charge in [-0.05, 0) is 59.2 Å². The number of carboxylic acid groups (broad SMARTS) is 1. The molecule has 4 nitrogen and oxygen atoms in total. The molecule has 0 spiro atoms. The summed E-state index contributed by atoms with van der Waals surface area (Å²) in [6, 6.07) is 23.9. The minimum absolute atomic E-state index is 0. The second kappa shape index (κ2) is 11.6. The van der Waals surface area contributed by atoms with Crippen molar-refractivity contribution in [2.45, 2.75) is 18.3 Å². The molecule has 1 aliphatic rings. The summed E-state index contributed by atoms with van der Waals surface area (Å²) in [5, 5.41) is 12.6. The Morgan fingerprint density at radius 1 is 1.06 bits per heavy atom. The summed E-state index contributed by atoms with van der Waals surface area (Å²) in [5.41, 5.74) is 5.91. The monoisotopic (exact) mass is 509 g/mol. The van der Waals surface area contributed by atoms with Crippen LogP contribution in [0, 0.1) is 0 Å². The molecule has 0 saturated heterocycles. The molecule has 3 aromatic carbocycles. The molecule has 0 radical (unpaired) electrons. The Morgan fingerprint density at radius 2 is 1.86 bits per heavy atom. The number of carbonyl (C=O) groups excluding carboxylic acids is 1. The molecule has 1 atom stereocenters. The van der Waals surface area contributed by atoms with Crippen LogP contribution in [0.25, 0.3) is 23.1 Å². The first-order valence-corrected chi connectivity index (χ1v) is 12.4. The molecule has 1 aliphatic heterocycles. The third-order valence-electron chi connectivity index (χ3n) is 5.76. The van der Waals surface area contributed by atoms with Crippen molar-refractivity contribution in [2.75, 3.05) is 5.75 Å². The first-order valence-electron chi connectivity index (χ1n) is 11.0. The number of nitrogens with zero attached hydrogens (tertiary/aromatic N) is 1. The quantitative estimate of drug-likeness (QED) is 0.374. The second-order valence-electron chi connectivity index (χ2n) is 8.04. The molecule has 0 bridgehead atoms. The third kappa shape index (κ3) is 5.93. The van der Waals surface area contributed by atoms with Crippen LogP contribution < -0.4 is 39.4 Å². The summed E-state index contributed by atoms with van der Waals surface area (Å²) < 4.78 is 6.12. The van der Waals surface area contributed by atoms with Crippen molar-refractivity contribution < 1.29 is 44.2 Å². The standard InChI is InChI=1S/C28H22ClNO3S.Na/c29-24-16-20(30-25-8-4-3-7-22(24)25)11-9-18-10-12-26-23(15-18)28(34-14-13-27(31)32)21-6-2-1-5-19(21)17-33-26;/h1-12,15-16,28H,13-14,17H2,(H,31,32);/q;+1/p-1. The van der Waals surface area contributed by atoms with E-state index in [2.05, 4.69) is 18.2 Å². The number of carboxylic acids is 1. The van der Waals surface area contributed by atoms with Crippen molar-refractivity contribution in [2.24, 2.45) is 0 Å². The van der Waals surface area contributed by atoms with Crippen LogP contribution in [0.5, 0.6) is 5.75 Å². The van der Waals surface area contributed by atoms with Gasteiger partial charge >= 0.3 is 29.6 Å². The van der Waals surface area contributed by atoms with Gasteiger partial charge in [-0.25, -0.2) is 4.98 Å². The SMILES string of the molecule is O=C([O-])CCSC1c2ccccc2COc2ccc(C=Cc3cc(Cl)c4ccccc4n3)cc21.[Na+]. The molecule has 7 heteroatoms. The van der Waals surface area contributed by atoms with Gasteiger partial charge in [0.1, 0.15) is 12.4 Å². The first-order chi connectivity index (χ1) is 16.6.